The first-order chi connectivity index (χ1) is 14.2. The van der Waals surface area contributed by atoms with Crippen molar-refractivity contribution in [2.24, 2.45) is 0 Å². The Hall–Kier alpha value is -3.48. The molecule has 1 saturated heterocycles. The van der Waals surface area contributed by atoms with Crippen LogP contribution < -0.4 is 14.4 Å². The van der Waals surface area contributed by atoms with Crippen LogP contribution in [0, 0.1) is 0 Å². The van der Waals surface area contributed by atoms with Crippen molar-refractivity contribution >= 4 is 11.6 Å². The highest BCUT2D eigenvalue weighted by atomic mass is 16.5. The van der Waals surface area contributed by atoms with E-state index in [1.165, 1.54) is 0 Å². The minimum Gasteiger partial charge on any atom is -0.497 e. The molecule has 1 amide bonds. The fourth-order valence-corrected chi connectivity index (χ4v) is 3.49. The molecule has 0 spiro atoms. The van der Waals surface area contributed by atoms with E-state index < -0.39 is 0 Å². The SMILES string of the molecule is COc1cccc(-c2cc(C(=O)N3CCN(c4ccccc4OC)CC3)no2)c1. The fraction of sp³-hybridized carbons (Fsp3) is 0.273. The summed E-state index contributed by atoms with van der Waals surface area (Å²) in [6.45, 7) is 2.68. The second-order valence-corrected chi connectivity index (χ2v) is 6.76. The van der Waals surface area contributed by atoms with Crippen LogP contribution in [0.2, 0.25) is 0 Å². The van der Waals surface area contributed by atoms with Gasteiger partial charge in [-0.15, -0.1) is 0 Å². The van der Waals surface area contributed by atoms with Gasteiger partial charge >= 0.3 is 0 Å². The summed E-state index contributed by atoms with van der Waals surface area (Å²) in [4.78, 5) is 16.9. The van der Waals surface area contributed by atoms with Crippen LogP contribution >= 0.6 is 0 Å². The van der Waals surface area contributed by atoms with E-state index >= 15 is 0 Å². The number of carbonyl (C=O) groups excluding carboxylic acids is 1. The van der Waals surface area contributed by atoms with Gasteiger partial charge in [-0.2, -0.15) is 0 Å². The lowest BCUT2D eigenvalue weighted by Gasteiger charge is -2.36. The molecule has 29 heavy (non-hydrogen) atoms. The van der Waals surface area contributed by atoms with Gasteiger partial charge in [0.25, 0.3) is 5.91 Å². The van der Waals surface area contributed by atoms with Crippen molar-refractivity contribution in [3.63, 3.8) is 0 Å². The van der Waals surface area contributed by atoms with E-state index in [9.17, 15) is 4.79 Å². The van der Waals surface area contributed by atoms with Crippen LogP contribution in [-0.2, 0) is 0 Å². The monoisotopic (exact) mass is 393 g/mol. The molecule has 7 heteroatoms. The molecule has 7 nitrogen and oxygen atoms in total. The summed E-state index contributed by atoms with van der Waals surface area (Å²) in [7, 11) is 3.28. The predicted molar refractivity (Wildman–Crippen MR) is 110 cm³/mol. The van der Waals surface area contributed by atoms with Gasteiger partial charge in [-0.25, -0.2) is 0 Å². The van der Waals surface area contributed by atoms with E-state index in [0.717, 1.165) is 35.8 Å². The van der Waals surface area contributed by atoms with Gasteiger partial charge in [0.2, 0.25) is 0 Å². The number of carbonyl (C=O) groups is 1. The zero-order valence-electron chi connectivity index (χ0n) is 16.5. The smallest absolute Gasteiger partial charge is 0.276 e. The van der Waals surface area contributed by atoms with Gasteiger partial charge in [0.1, 0.15) is 11.5 Å². The zero-order chi connectivity index (χ0) is 20.2. The first-order valence-corrected chi connectivity index (χ1v) is 9.48. The third-order valence-electron chi connectivity index (χ3n) is 5.08. The van der Waals surface area contributed by atoms with E-state index in [1.807, 2.05) is 48.5 Å². The third-order valence-corrected chi connectivity index (χ3v) is 5.08. The molecule has 2 heterocycles. The Labute approximate surface area is 169 Å². The maximum absolute atomic E-state index is 12.9. The number of methoxy groups -OCH3 is 2. The Morgan fingerprint density at radius 2 is 1.76 bits per heavy atom. The van der Waals surface area contributed by atoms with Crippen molar-refractivity contribution in [3.05, 3.63) is 60.3 Å². The Kier molecular flexibility index (Phi) is 5.37. The molecule has 1 fully saturated rings. The van der Waals surface area contributed by atoms with Crippen LogP contribution in [0.5, 0.6) is 11.5 Å². The predicted octanol–water partition coefficient (Wildman–Crippen LogP) is 3.32. The number of benzene rings is 2. The third kappa shape index (κ3) is 3.89. The molecular formula is C22H23N3O4. The maximum Gasteiger partial charge on any atom is 0.276 e. The second kappa shape index (κ2) is 8.26. The number of anilines is 1. The summed E-state index contributed by atoms with van der Waals surface area (Å²) in [5, 5.41) is 3.99. The molecule has 0 N–H and O–H groups in total. The number of rotatable bonds is 5. The van der Waals surface area contributed by atoms with E-state index in [2.05, 4.69) is 10.1 Å². The quantitative estimate of drug-likeness (QED) is 0.662. The lowest BCUT2D eigenvalue weighted by atomic mass is 10.1. The summed E-state index contributed by atoms with van der Waals surface area (Å²) in [5.74, 6) is 1.98. The average molecular weight is 393 g/mol. The van der Waals surface area contributed by atoms with Crippen molar-refractivity contribution in [2.45, 2.75) is 0 Å². The number of piperazine rings is 1. The van der Waals surface area contributed by atoms with E-state index in [0.29, 0.717) is 24.5 Å². The molecule has 0 bridgehead atoms. The van der Waals surface area contributed by atoms with Crippen LogP contribution in [0.25, 0.3) is 11.3 Å². The Morgan fingerprint density at radius 1 is 0.966 bits per heavy atom. The Morgan fingerprint density at radius 3 is 2.52 bits per heavy atom. The lowest BCUT2D eigenvalue weighted by Crippen LogP contribution is -2.49. The highest BCUT2D eigenvalue weighted by Crippen LogP contribution is 2.29. The van der Waals surface area contributed by atoms with Gasteiger partial charge in [-0.05, 0) is 24.3 Å². The zero-order valence-corrected chi connectivity index (χ0v) is 16.5. The number of nitrogens with zero attached hydrogens (tertiary/aromatic N) is 3. The number of aromatic nitrogens is 1. The normalized spacial score (nSPS) is 14.0. The molecule has 1 aliphatic heterocycles. The van der Waals surface area contributed by atoms with Gasteiger partial charge < -0.3 is 23.8 Å². The van der Waals surface area contributed by atoms with Gasteiger partial charge in [0.05, 0.1) is 19.9 Å². The molecule has 0 radical (unpaired) electrons. The minimum atomic E-state index is -0.123. The highest BCUT2D eigenvalue weighted by molar-refractivity contribution is 5.93. The highest BCUT2D eigenvalue weighted by Gasteiger charge is 2.26. The summed E-state index contributed by atoms with van der Waals surface area (Å²) in [5.41, 5.74) is 2.18. The lowest BCUT2D eigenvalue weighted by molar-refractivity contribution is 0.0736. The molecule has 2 aromatic carbocycles. The van der Waals surface area contributed by atoms with E-state index in [-0.39, 0.29) is 5.91 Å². The van der Waals surface area contributed by atoms with Gasteiger partial charge in [0, 0.05) is 37.8 Å². The molecular weight excluding hydrogens is 370 g/mol. The van der Waals surface area contributed by atoms with Crippen LogP contribution in [0.4, 0.5) is 5.69 Å². The molecule has 1 aliphatic rings. The topological polar surface area (TPSA) is 68.0 Å². The number of ether oxygens (including phenoxy) is 2. The number of amides is 1. The number of hydrogen-bond acceptors (Lipinski definition) is 6. The number of hydrogen-bond donors (Lipinski definition) is 0. The summed E-state index contributed by atoms with van der Waals surface area (Å²) >= 11 is 0. The summed E-state index contributed by atoms with van der Waals surface area (Å²) < 4.78 is 16.1. The molecule has 150 valence electrons. The summed E-state index contributed by atoms with van der Waals surface area (Å²) in [6.07, 6.45) is 0. The van der Waals surface area contributed by atoms with Crippen LogP contribution in [0.15, 0.2) is 59.1 Å². The first kappa shape index (κ1) is 18.9. The molecule has 0 unspecified atom stereocenters. The number of para-hydroxylation sites is 2. The van der Waals surface area contributed by atoms with Gasteiger partial charge in [-0.3, -0.25) is 4.79 Å². The van der Waals surface area contributed by atoms with Crippen LogP contribution in [0.1, 0.15) is 10.5 Å². The van der Waals surface area contributed by atoms with Crippen molar-refractivity contribution in [3.8, 4) is 22.8 Å². The largest absolute Gasteiger partial charge is 0.497 e. The Bertz CT molecular complexity index is 993. The van der Waals surface area contributed by atoms with Gasteiger partial charge in [-0.1, -0.05) is 29.4 Å². The van der Waals surface area contributed by atoms with Crippen molar-refractivity contribution < 1.29 is 18.8 Å². The van der Waals surface area contributed by atoms with Crippen LogP contribution in [0.3, 0.4) is 0 Å². The molecule has 3 aromatic rings. The van der Waals surface area contributed by atoms with Crippen molar-refractivity contribution in [1.29, 1.82) is 0 Å². The first-order valence-electron chi connectivity index (χ1n) is 9.48. The van der Waals surface area contributed by atoms with Gasteiger partial charge in [0.15, 0.2) is 11.5 Å². The van der Waals surface area contributed by atoms with E-state index in [4.69, 9.17) is 14.0 Å². The molecule has 0 atom stereocenters. The average Bonchev–Trinajstić information content (AvgIpc) is 3.29. The maximum atomic E-state index is 12.9. The molecule has 0 aliphatic carbocycles. The molecule has 4 rings (SSSR count). The Balaban J connectivity index is 1.43. The van der Waals surface area contributed by atoms with Crippen molar-refractivity contribution in [1.82, 2.24) is 10.1 Å². The molecule has 0 saturated carbocycles. The van der Waals surface area contributed by atoms with Crippen LogP contribution in [-0.4, -0.2) is 56.4 Å². The molecule has 1 aromatic heterocycles. The van der Waals surface area contributed by atoms with E-state index in [1.54, 1.807) is 25.2 Å². The second-order valence-electron chi connectivity index (χ2n) is 6.76. The fourth-order valence-electron chi connectivity index (χ4n) is 3.49. The van der Waals surface area contributed by atoms with Crippen molar-refractivity contribution in [2.75, 3.05) is 45.3 Å². The minimum absolute atomic E-state index is 0.123. The summed E-state index contributed by atoms with van der Waals surface area (Å²) in [6, 6.07) is 17.1. The standard InChI is InChI=1S/C22H23N3O4/c1-27-17-7-5-6-16(14-17)21-15-18(23-29-21)22(26)25-12-10-24(11-13-25)19-8-3-4-9-20(19)28-2/h3-9,14-15H,10-13H2,1-2H3.